The standard InChI is InChI=1S/C15H20N2O7/c1-22-14(20)12(9-23-13(19)11(16)7-18)17-15(21)24-8-10-5-3-2-4-6-10/h2-6,11-12,18H,7-9,16H2,1H3,(H,17,21)/t11-,12-/m0/s1. The molecular weight excluding hydrogens is 320 g/mol. The van der Waals surface area contributed by atoms with E-state index in [2.05, 4.69) is 10.1 Å². The molecular formula is C15H20N2O7. The monoisotopic (exact) mass is 340 g/mol. The van der Waals surface area contributed by atoms with E-state index in [4.69, 9.17) is 20.3 Å². The first-order valence-electron chi connectivity index (χ1n) is 7.06. The van der Waals surface area contributed by atoms with Crippen LogP contribution in [0.2, 0.25) is 0 Å². The fourth-order valence-corrected chi connectivity index (χ4v) is 1.56. The van der Waals surface area contributed by atoms with Crippen LogP contribution in [-0.4, -0.2) is 55.5 Å². The lowest BCUT2D eigenvalue weighted by atomic mass is 10.2. The quantitative estimate of drug-likeness (QED) is 0.418. The number of hydrogen-bond acceptors (Lipinski definition) is 8. The molecule has 1 amide bonds. The summed E-state index contributed by atoms with van der Waals surface area (Å²) >= 11 is 0. The third-order valence-corrected chi connectivity index (χ3v) is 2.88. The lowest BCUT2D eigenvalue weighted by Crippen LogP contribution is -2.46. The molecule has 0 aliphatic rings. The second-order valence-electron chi connectivity index (χ2n) is 4.70. The normalized spacial score (nSPS) is 12.6. The number of alkyl carbamates (subject to hydrolysis) is 1. The van der Waals surface area contributed by atoms with Gasteiger partial charge >= 0.3 is 18.0 Å². The van der Waals surface area contributed by atoms with E-state index in [9.17, 15) is 14.4 Å². The molecule has 4 N–H and O–H groups in total. The summed E-state index contributed by atoms with van der Waals surface area (Å²) in [4.78, 5) is 34.7. The number of hydrogen-bond donors (Lipinski definition) is 3. The van der Waals surface area contributed by atoms with Gasteiger partial charge in [-0.3, -0.25) is 4.79 Å². The van der Waals surface area contributed by atoms with Gasteiger partial charge in [-0.25, -0.2) is 9.59 Å². The van der Waals surface area contributed by atoms with Gasteiger partial charge < -0.3 is 30.4 Å². The second-order valence-corrected chi connectivity index (χ2v) is 4.70. The number of ether oxygens (including phenoxy) is 3. The number of amides is 1. The van der Waals surface area contributed by atoms with Crippen LogP contribution in [0.15, 0.2) is 30.3 Å². The number of rotatable bonds is 8. The van der Waals surface area contributed by atoms with E-state index in [-0.39, 0.29) is 6.61 Å². The Morgan fingerprint density at radius 1 is 1.17 bits per heavy atom. The van der Waals surface area contributed by atoms with Crippen LogP contribution in [0, 0.1) is 0 Å². The maximum atomic E-state index is 11.7. The Kier molecular flexibility index (Phi) is 8.23. The van der Waals surface area contributed by atoms with Gasteiger partial charge in [0.05, 0.1) is 13.7 Å². The van der Waals surface area contributed by atoms with Crippen molar-refractivity contribution in [2.24, 2.45) is 5.73 Å². The minimum atomic E-state index is -1.26. The number of aliphatic hydroxyl groups is 1. The molecule has 1 rings (SSSR count). The highest BCUT2D eigenvalue weighted by Gasteiger charge is 2.25. The van der Waals surface area contributed by atoms with Crippen LogP contribution >= 0.6 is 0 Å². The van der Waals surface area contributed by atoms with Crippen LogP contribution < -0.4 is 11.1 Å². The number of methoxy groups -OCH3 is 1. The summed E-state index contributed by atoms with van der Waals surface area (Å²) in [6.07, 6.45) is -0.878. The van der Waals surface area contributed by atoms with Gasteiger partial charge in [0, 0.05) is 0 Å². The third-order valence-electron chi connectivity index (χ3n) is 2.88. The molecule has 0 fully saturated rings. The summed E-state index contributed by atoms with van der Waals surface area (Å²) in [5.41, 5.74) is 6.04. The van der Waals surface area contributed by atoms with Crippen LogP contribution in [0.3, 0.4) is 0 Å². The zero-order valence-corrected chi connectivity index (χ0v) is 13.1. The highest BCUT2D eigenvalue weighted by molar-refractivity contribution is 5.82. The average Bonchev–Trinajstić information content (AvgIpc) is 2.62. The molecule has 0 bridgehead atoms. The van der Waals surface area contributed by atoms with E-state index >= 15 is 0 Å². The summed E-state index contributed by atoms with van der Waals surface area (Å²) in [5.74, 6) is -1.73. The summed E-state index contributed by atoms with van der Waals surface area (Å²) in [7, 11) is 1.12. The summed E-state index contributed by atoms with van der Waals surface area (Å²) in [6, 6.07) is 6.45. The Hall–Kier alpha value is -2.65. The first kappa shape index (κ1) is 19.4. The number of carbonyl (C=O) groups excluding carboxylic acids is 3. The van der Waals surface area contributed by atoms with Crippen molar-refractivity contribution in [2.75, 3.05) is 20.3 Å². The van der Waals surface area contributed by atoms with E-state index in [1.165, 1.54) is 0 Å². The molecule has 0 aliphatic heterocycles. The first-order chi connectivity index (χ1) is 11.5. The molecule has 9 heteroatoms. The molecule has 0 spiro atoms. The van der Waals surface area contributed by atoms with Crippen molar-refractivity contribution >= 4 is 18.0 Å². The van der Waals surface area contributed by atoms with Crippen molar-refractivity contribution in [3.8, 4) is 0 Å². The van der Waals surface area contributed by atoms with Crippen molar-refractivity contribution in [1.82, 2.24) is 5.32 Å². The van der Waals surface area contributed by atoms with Crippen LogP contribution in [-0.2, 0) is 30.4 Å². The Morgan fingerprint density at radius 3 is 2.42 bits per heavy atom. The lowest BCUT2D eigenvalue weighted by Gasteiger charge is -2.17. The molecule has 0 aliphatic carbocycles. The smallest absolute Gasteiger partial charge is 0.408 e. The molecule has 24 heavy (non-hydrogen) atoms. The number of aliphatic hydroxyl groups excluding tert-OH is 1. The van der Waals surface area contributed by atoms with E-state index < -0.39 is 43.3 Å². The van der Waals surface area contributed by atoms with Gasteiger partial charge in [-0.15, -0.1) is 0 Å². The number of carbonyl (C=O) groups is 3. The van der Waals surface area contributed by atoms with Gasteiger partial charge in [0.1, 0.15) is 19.3 Å². The van der Waals surface area contributed by atoms with Crippen LogP contribution in [0.25, 0.3) is 0 Å². The minimum absolute atomic E-state index is 0.00966. The van der Waals surface area contributed by atoms with Gasteiger partial charge in [0.15, 0.2) is 6.04 Å². The molecule has 132 valence electrons. The predicted octanol–water partition coefficient (Wildman–Crippen LogP) is -0.683. The molecule has 2 atom stereocenters. The van der Waals surface area contributed by atoms with Crippen molar-refractivity contribution < 1.29 is 33.7 Å². The topological polar surface area (TPSA) is 137 Å². The SMILES string of the molecule is COC(=O)[C@H](COC(=O)[C@@H](N)CO)NC(=O)OCc1ccccc1. The fourth-order valence-electron chi connectivity index (χ4n) is 1.56. The fraction of sp³-hybridized carbons (Fsp3) is 0.400. The summed E-state index contributed by atoms with van der Waals surface area (Å²) < 4.78 is 14.2. The van der Waals surface area contributed by atoms with Gasteiger partial charge in [-0.1, -0.05) is 30.3 Å². The molecule has 1 aromatic carbocycles. The van der Waals surface area contributed by atoms with Gasteiger partial charge in [-0.2, -0.15) is 0 Å². The molecule has 0 unspecified atom stereocenters. The first-order valence-corrected chi connectivity index (χ1v) is 7.06. The van der Waals surface area contributed by atoms with Crippen molar-refractivity contribution in [1.29, 1.82) is 0 Å². The van der Waals surface area contributed by atoms with Crippen LogP contribution in [0.5, 0.6) is 0 Å². The maximum Gasteiger partial charge on any atom is 0.408 e. The average molecular weight is 340 g/mol. The number of nitrogens with one attached hydrogen (secondary N) is 1. The Bertz CT molecular complexity index is 550. The number of benzene rings is 1. The number of esters is 2. The molecule has 1 aromatic rings. The highest BCUT2D eigenvalue weighted by Crippen LogP contribution is 2.01. The largest absolute Gasteiger partial charge is 0.467 e. The van der Waals surface area contributed by atoms with Crippen molar-refractivity contribution in [2.45, 2.75) is 18.7 Å². The molecule has 0 heterocycles. The molecule has 0 aromatic heterocycles. The lowest BCUT2D eigenvalue weighted by molar-refractivity contribution is -0.151. The molecule has 9 nitrogen and oxygen atoms in total. The zero-order valence-electron chi connectivity index (χ0n) is 13.1. The third kappa shape index (κ3) is 6.63. The number of nitrogens with two attached hydrogens (primary N) is 1. The molecule has 0 radical (unpaired) electrons. The van der Waals surface area contributed by atoms with E-state index in [1.54, 1.807) is 24.3 Å². The van der Waals surface area contributed by atoms with Crippen molar-refractivity contribution in [3.05, 3.63) is 35.9 Å². The van der Waals surface area contributed by atoms with Gasteiger partial charge in [-0.05, 0) is 5.56 Å². The summed E-state index contributed by atoms with van der Waals surface area (Å²) in [6.45, 7) is -1.09. The van der Waals surface area contributed by atoms with Crippen LogP contribution in [0.4, 0.5) is 4.79 Å². The van der Waals surface area contributed by atoms with Crippen LogP contribution in [0.1, 0.15) is 5.56 Å². The van der Waals surface area contributed by atoms with E-state index in [0.717, 1.165) is 12.7 Å². The predicted molar refractivity (Wildman–Crippen MR) is 81.6 cm³/mol. The Labute approximate surface area is 138 Å². The maximum absolute atomic E-state index is 11.7. The summed E-state index contributed by atoms with van der Waals surface area (Å²) in [5, 5.41) is 11.0. The van der Waals surface area contributed by atoms with E-state index in [1.807, 2.05) is 6.07 Å². The van der Waals surface area contributed by atoms with Gasteiger partial charge in [0.25, 0.3) is 0 Å². The Morgan fingerprint density at radius 2 is 1.83 bits per heavy atom. The minimum Gasteiger partial charge on any atom is -0.467 e. The van der Waals surface area contributed by atoms with Crippen molar-refractivity contribution in [3.63, 3.8) is 0 Å². The zero-order chi connectivity index (χ0) is 17.9. The second kappa shape index (κ2) is 10.2. The Balaban J connectivity index is 2.51. The highest BCUT2D eigenvalue weighted by atomic mass is 16.6. The van der Waals surface area contributed by atoms with Gasteiger partial charge in [0.2, 0.25) is 0 Å². The molecule has 0 saturated heterocycles. The van der Waals surface area contributed by atoms with E-state index in [0.29, 0.717) is 0 Å². The molecule has 0 saturated carbocycles.